The summed E-state index contributed by atoms with van der Waals surface area (Å²) in [5.74, 6) is 0.367. The van der Waals surface area contributed by atoms with E-state index in [0.717, 1.165) is 0 Å². The highest BCUT2D eigenvalue weighted by Gasteiger charge is 2.31. The maximum absolute atomic E-state index is 11.4. The molecule has 1 fully saturated rings. The second-order valence-corrected chi connectivity index (χ2v) is 3.67. The highest BCUT2D eigenvalue weighted by atomic mass is 35.5. The Kier molecular flexibility index (Phi) is 2.14. The van der Waals surface area contributed by atoms with E-state index in [1.54, 1.807) is 0 Å². The van der Waals surface area contributed by atoms with E-state index in [-0.39, 0.29) is 11.3 Å². The standard InChI is InChI=1S/C8H7ClN4O/c9-6-1-7(14)13(4-6)8-5(2-10)3-11-12-8/h3,6H,1,4H2,(H,11,12). The van der Waals surface area contributed by atoms with Gasteiger partial charge in [-0.1, -0.05) is 0 Å². The van der Waals surface area contributed by atoms with Gasteiger partial charge in [0.05, 0.1) is 11.6 Å². The molecule has 0 spiro atoms. The number of alkyl halides is 1. The van der Waals surface area contributed by atoms with Crippen LogP contribution < -0.4 is 4.90 Å². The van der Waals surface area contributed by atoms with Crippen molar-refractivity contribution >= 4 is 23.3 Å². The monoisotopic (exact) mass is 210 g/mol. The number of aromatic nitrogens is 2. The molecule has 1 saturated heterocycles. The molecule has 1 aliphatic heterocycles. The second kappa shape index (κ2) is 3.31. The number of hydrogen-bond acceptors (Lipinski definition) is 3. The molecule has 0 saturated carbocycles. The van der Waals surface area contributed by atoms with Crippen molar-refractivity contribution in [2.75, 3.05) is 11.4 Å². The molecule has 1 amide bonds. The third kappa shape index (κ3) is 1.34. The summed E-state index contributed by atoms with van der Waals surface area (Å²) in [4.78, 5) is 12.9. The number of carbonyl (C=O) groups is 1. The van der Waals surface area contributed by atoms with E-state index in [1.807, 2.05) is 6.07 Å². The Morgan fingerprint density at radius 1 is 1.79 bits per heavy atom. The van der Waals surface area contributed by atoms with E-state index >= 15 is 0 Å². The first-order chi connectivity index (χ1) is 6.72. The van der Waals surface area contributed by atoms with Crippen molar-refractivity contribution in [1.29, 1.82) is 5.26 Å². The third-order valence-electron chi connectivity index (χ3n) is 2.09. The number of halogens is 1. The molecule has 0 bridgehead atoms. The Morgan fingerprint density at radius 3 is 3.14 bits per heavy atom. The summed E-state index contributed by atoms with van der Waals surface area (Å²) in [6, 6.07) is 1.96. The first-order valence-corrected chi connectivity index (χ1v) is 4.54. The van der Waals surface area contributed by atoms with Gasteiger partial charge in [-0.2, -0.15) is 10.4 Å². The molecule has 5 nitrogen and oxygen atoms in total. The maximum atomic E-state index is 11.4. The van der Waals surface area contributed by atoms with Gasteiger partial charge in [0, 0.05) is 13.0 Å². The SMILES string of the molecule is N#Cc1cn[nH]c1N1CC(Cl)CC1=O. The molecule has 1 N–H and O–H groups in total. The van der Waals surface area contributed by atoms with Gasteiger partial charge in [0.2, 0.25) is 5.91 Å². The smallest absolute Gasteiger partial charge is 0.229 e. The number of H-pyrrole nitrogens is 1. The van der Waals surface area contributed by atoms with Gasteiger partial charge in [-0.15, -0.1) is 11.6 Å². The second-order valence-electron chi connectivity index (χ2n) is 3.05. The summed E-state index contributed by atoms with van der Waals surface area (Å²) >= 11 is 5.83. The van der Waals surface area contributed by atoms with Crippen LogP contribution in [0.25, 0.3) is 0 Å². The molecule has 0 aromatic carbocycles. The van der Waals surface area contributed by atoms with E-state index in [0.29, 0.717) is 24.3 Å². The van der Waals surface area contributed by atoms with Crippen LogP contribution in [0.15, 0.2) is 6.20 Å². The Labute approximate surface area is 85.3 Å². The maximum Gasteiger partial charge on any atom is 0.229 e. The van der Waals surface area contributed by atoms with Gasteiger partial charge in [-0.05, 0) is 0 Å². The lowest BCUT2D eigenvalue weighted by atomic mass is 10.3. The minimum atomic E-state index is -0.183. The van der Waals surface area contributed by atoms with Gasteiger partial charge < -0.3 is 0 Å². The number of anilines is 1. The predicted octanol–water partition coefficient (Wildman–Crippen LogP) is 0.625. The fourth-order valence-electron chi connectivity index (χ4n) is 1.45. The minimum absolute atomic E-state index is 0.0780. The normalized spacial score (nSPS) is 21.3. The lowest BCUT2D eigenvalue weighted by Crippen LogP contribution is -2.25. The van der Waals surface area contributed by atoms with Crippen molar-refractivity contribution in [1.82, 2.24) is 10.2 Å². The number of hydrogen-bond donors (Lipinski definition) is 1. The van der Waals surface area contributed by atoms with Crippen LogP contribution in [0.3, 0.4) is 0 Å². The number of amides is 1. The zero-order chi connectivity index (χ0) is 10.1. The Balaban J connectivity index is 2.32. The molecular weight excluding hydrogens is 204 g/mol. The molecule has 0 aliphatic carbocycles. The van der Waals surface area contributed by atoms with Gasteiger partial charge in [-0.25, -0.2) is 0 Å². The van der Waals surface area contributed by atoms with Crippen molar-refractivity contribution in [3.8, 4) is 6.07 Å². The number of nitriles is 1. The summed E-state index contributed by atoms with van der Waals surface area (Å²) < 4.78 is 0. The predicted molar refractivity (Wildman–Crippen MR) is 49.9 cm³/mol. The summed E-state index contributed by atoms with van der Waals surface area (Å²) in [5, 5.41) is 14.9. The molecule has 14 heavy (non-hydrogen) atoms. The lowest BCUT2D eigenvalue weighted by molar-refractivity contribution is -0.117. The molecule has 2 heterocycles. The number of rotatable bonds is 1. The zero-order valence-corrected chi connectivity index (χ0v) is 7.95. The van der Waals surface area contributed by atoms with Crippen molar-refractivity contribution < 1.29 is 4.79 Å². The van der Waals surface area contributed by atoms with Crippen LogP contribution in [0.5, 0.6) is 0 Å². The molecule has 1 aliphatic rings. The van der Waals surface area contributed by atoms with Crippen LogP contribution in [-0.2, 0) is 4.79 Å². The molecule has 1 atom stereocenters. The molecule has 1 aromatic rings. The fraction of sp³-hybridized carbons (Fsp3) is 0.375. The quantitative estimate of drug-likeness (QED) is 0.691. The van der Waals surface area contributed by atoms with Gasteiger partial charge in [0.15, 0.2) is 0 Å². The van der Waals surface area contributed by atoms with Crippen molar-refractivity contribution in [3.05, 3.63) is 11.8 Å². The first-order valence-electron chi connectivity index (χ1n) is 4.10. The topological polar surface area (TPSA) is 72.8 Å². The van der Waals surface area contributed by atoms with Gasteiger partial charge >= 0.3 is 0 Å². The summed E-state index contributed by atoms with van der Waals surface area (Å²) in [6.07, 6.45) is 1.70. The van der Waals surface area contributed by atoms with Crippen LogP contribution in [0, 0.1) is 11.3 Å². The van der Waals surface area contributed by atoms with E-state index in [2.05, 4.69) is 10.2 Å². The molecule has 1 unspecified atom stereocenters. The number of carbonyl (C=O) groups excluding carboxylic acids is 1. The van der Waals surface area contributed by atoms with Gasteiger partial charge in [0.1, 0.15) is 17.5 Å². The Bertz CT molecular complexity index is 408. The largest absolute Gasteiger partial charge is 0.295 e. The number of aromatic amines is 1. The number of nitrogens with one attached hydrogen (secondary N) is 1. The summed E-state index contributed by atoms with van der Waals surface area (Å²) in [5.41, 5.74) is 0.365. The van der Waals surface area contributed by atoms with E-state index < -0.39 is 0 Å². The molecule has 6 heteroatoms. The zero-order valence-electron chi connectivity index (χ0n) is 7.20. The molecule has 72 valence electrons. The summed E-state index contributed by atoms with van der Waals surface area (Å²) in [6.45, 7) is 0.428. The fourth-order valence-corrected chi connectivity index (χ4v) is 1.72. The van der Waals surface area contributed by atoms with Crippen LogP contribution >= 0.6 is 11.6 Å². The van der Waals surface area contributed by atoms with E-state index in [9.17, 15) is 4.79 Å². The van der Waals surface area contributed by atoms with Crippen LogP contribution in [0.2, 0.25) is 0 Å². The van der Waals surface area contributed by atoms with Gasteiger partial charge in [-0.3, -0.25) is 14.8 Å². The molecule has 0 radical (unpaired) electrons. The Hall–Kier alpha value is -1.54. The lowest BCUT2D eigenvalue weighted by Gasteiger charge is -2.12. The van der Waals surface area contributed by atoms with Crippen LogP contribution in [-0.4, -0.2) is 28.0 Å². The highest BCUT2D eigenvalue weighted by Crippen LogP contribution is 2.24. The number of nitrogens with zero attached hydrogens (tertiary/aromatic N) is 3. The molecule has 1 aromatic heterocycles. The van der Waals surface area contributed by atoms with Crippen LogP contribution in [0.1, 0.15) is 12.0 Å². The molecule has 2 rings (SSSR count). The van der Waals surface area contributed by atoms with E-state index in [1.165, 1.54) is 11.1 Å². The average molecular weight is 211 g/mol. The average Bonchev–Trinajstić information content (AvgIpc) is 2.71. The first kappa shape index (κ1) is 9.03. The minimum Gasteiger partial charge on any atom is -0.295 e. The highest BCUT2D eigenvalue weighted by molar-refractivity contribution is 6.24. The Morgan fingerprint density at radius 2 is 2.57 bits per heavy atom. The van der Waals surface area contributed by atoms with Crippen molar-refractivity contribution in [2.45, 2.75) is 11.8 Å². The van der Waals surface area contributed by atoms with Crippen molar-refractivity contribution in [3.63, 3.8) is 0 Å². The van der Waals surface area contributed by atoms with E-state index in [4.69, 9.17) is 16.9 Å². The molecular formula is C8H7ClN4O. The van der Waals surface area contributed by atoms with Crippen LogP contribution in [0.4, 0.5) is 5.82 Å². The summed E-state index contributed by atoms with van der Waals surface area (Å²) in [7, 11) is 0. The third-order valence-corrected chi connectivity index (χ3v) is 2.38. The van der Waals surface area contributed by atoms with Gasteiger partial charge in [0.25, 0.3) is 0 Å². The van der Waals surface area contributed by atoms with Crippen molar-refractivity contribution in [2.24, 2.45) is 0 Å².